The van der Waals surface area contributed by atoms with Crippen LogP contribution >= 0.6 is 11.8 Å². The van der Waals surface area contributed by atoms with Crippen molar-refractivity contribution in [2.75, 3.05) is 11.4 Å². The highest BCUT2D eigenvalue weighted by Crippen LogP contribution is 2.31. The maximum atomic E-state index is 13.3. The van der Waals surface area contributed by atoms with E-state index in [2.05, 4.69) is 15.5 Å². The summed E-state index contributed by atoms with van der Waals surface area (Å²) in [6.45, 7) is 0.608. The van der Waals surface area contributed by atoms with Gasteiger partial charge in [0.05, 0.1) is 5.25 Å². The Morgan fingerprint density at radius 1 is 1.43 bits per heavy atom. The zero-order valence-electron chi connectivity index (χ0n) is 11.4. The van der Waals surface area contributed by atoms with E-state index < -0.39 is 0 Å². The SMILES string of the molecule is Cn1nnnc1S[C@@H]1CCCN(c2cccc(F)c2)C1=O. The molecule has 21 heavy (non-hydrogen) atoms. The van der Waals surface area contributed by atoms with Crippen LogP contribution in [0.2, 0.25) is 0 Å². The van der Waals surface area contributed by atoms with Gasteiger partial charge in [-0.3, -0.25) is 4.79 Å². The fraction of sp³-hybridized carbons (Fsp3) is 0.385. The lowest BCUT2D eigenvalue weighted by molar-refractivity contribution is -0.119. The molecule has 1 aliphatic rings. The van der Waals surface area contributed by atoms with Gasteiger partial charge < -0.3 is 4.90 Å². The maximum Gasteiger partial charge on any atom is 0.240 e. The largest absolute Gasteiger partial charge is 0.311 e. The third-order valence-corrected chi connectivity index (χ3v) is 4.62. The van der Waals surface area contributed by atoms with E-state index in [9.17, 15) is 9.18 Å². The molecule has 2 aromatic rings. The van der Waals surface area contributed by atoms with Crippen LogP contribution in [0.5, 0.6) is 0 Å². The number of piperidine rings is 1. The van der Waals surface area contributed by atoms with Gasteiger partial charge in [-0.05, 0) is 41.5 Å². The highest BCUT2D eigenvalue weighted by Gasteiger charge is 2.31. The summed E-state index contributed by atoms with van der Waals surface area (Å²) >= 11 is 1.35. The summed E-state index contributed by atoms with van der Waals surface area (Å²) in [7, 11) is 1.74. The van der Waals surface area contributed by atoms with E-state index in [0.717, 1.165) is 12.8 Å². The Morgan fingerprint density at radius 2 is 2.29 bits per heavy atom. The van der Waals surface area contributed by atoms with Crippen molar-refractivity contribution < 1.29 is 9.18 Å². The van der Waals surface area contributed by atoms with Gasteiger partial charge in [-0.1, -0.05) is 17.8 Å². The van der Waals surface area contributed by atoms with Crippen molar-refractivity contribution in [3.05, 3.63) is 30.1 Å². The molecule has 8 heteroatoms. The number of anilines is 1. The van der Waals surface area contributed by atoms with Crippen LogP contribution in [0.4, 0.5) is 10.1 Å². The molecule has 1 aliphatic heterocycles. The lowest BCUT2D eigenvalue weighted by Gasteiger charge is -2.31. The smallest absolute Gasteiger partial charge is 0.240 e. The number of carbonyl (C=O) groups excluding carboxylic acids is 1. The first-order valence-corrected chi connectivity index (χ1v) is 7.49. The molecule has 1 atom stereocenters. The number of nitrogens with zero attached hydrogens (tertiary/aromatic N) is 5. The van der Waals surface area contributed by atoms with Crippen LogP contribution in [0, 0.1) is 5.82 Å². The second-order valence-corrected chi connectivity index (χ2v) is 5.97. The molecule has 1 saturated heterocycles. The zero-order valence-corrected chi connectivity index (χ0v) is 12.3. The summed E-state index contributed by atoms with van der Waals surface area (Å²) in [5.74, 6) is -0.368. The van der Waals surface area contributed by atoms with E-state index in [1.807, 2.05) is 0 Å². The van der Waals surface area contributed by atoms with Gasteiger partial charge in [-0.15, -0.1) is 5.10 Å². The predicted molar refractivity (Wildman–Crippen MR) is 76.4 cm³/mol. The minimum atomic E-state index is -0.340. The summed E-state index contributed by atoms with van der Waals surface area (Å²) in [5, 5.41) is 11.6. The zero-order chi connectivity index (χ0) is 14.8. The Labute approximate surface area is 125 Å². The average molecular weight is 307 g/mol. The van der Waals surface area contributed by atoms with Gasteiger partial charge >= 0.3 is 0 Å². The quantitative estimate of drug-likeness (QED) is 0.862. The van der Waals surface area contributed by atoms with Crippen molar-refractivity contribution in [1.82, 2.24) is 20.2 Å². The summed E-state index contributed by atoms with van der Waals surface area (Å²) in [5.41, 5.74) is 0.599. The molecule has 0 radical (unpaired) electrons. The van der Waals surface area contributed by atoms with Crippen LogP contribution in [-0.2, 0) is 11.8 Å². The Balaban J connectivity index is 1.79. The van der Waals surface area contributed by atoms with Gasteiger partial charge in [0.15, 0.2) is 0 Å². The van der Waals surface area contributed by atoms with Gasteiger partial charge in [0.2, 0.25) is 11.1 Å². The fourth-order valence-electron chi connectivity index (χ4n) is 2.30. The molecule has 0 unspecified atom stereocenters. The van der Waals surface area contributed by atoms with Crippen LogP contribution in [0.3, 0.4) is 0 Å². The molecule has 0 spiro atoms. The lowest BCUT2D eigenvalue weighted by Crippen LogP contribution is -2.43. The number of aromatic nitrogens is 4. The third kappa shape index (κ3) is 2.90. The second kappa shape index (κ2) is 5.80. The number of thioether (sulfide) groups is 1. The fourth-order valence-corrected chi connectivity index (χ4v) is 3.34. The number of halogens is 1. The molecule has 3 rings (SSSR count). The summed E-state index contributed by atoms with van der Waals surface area (Å²) in [6.07, 6.45) is 1.63. The van der Waals surface area contributed by atoms with E-state index >= 15 is 0 Å². The van der Waals surface area contributed by atoms with Crippen molar-refractivity contribution in [2.24, 2.45) is 7.05 Å². The molecule has 1 aromatic heterocycles. The number of hydrogen-bond donors (Lipinski definition) is 0. The molecule has 2 heterocycles. The minimum Gasteiger partial charge on any atom is -0.311 e. The van der Waals surface area contributed by atoms with Crippen molar-refractivity contribution >= 4 is 23.4 Å². The minimum absolute atomic E-state index is 0.0279. The highest BCUT2D eigenvalue weighted by molar-refractivity contribution is 8.00. The monoisotopic (exact) mass is 307 g/mol. The number of benzene rings is 1. The standard InChI is InChI=1S/C13H14FN5OS/c1-18-13(15-16-17-18)21-11-6-3-7-19(12(11)20)10-5-2-4-9(14)8-10/h2,4-5,8,11H,3,6-7H2,1H3/t11-/m1/s1. The van der Waals surface area contributed by atoms with Crippen molar-refractivity contribution in [3.8, 4) is 0 Å². The Morgan fingerprint density at radius 3 is 3.00 bits per heavy atom. The number of tetrazole rings is 1. The van der Waals surface area contributed by atoms with E-state index in [1.54, 1.807) is 28.8 Å². The Hall–Kier alpha value is -1.96. The van der Waals surface area contributed by atoms with Crippen LogP contribution in [-0.4, -0.2) is 37.9 Å². The number of hydrogen-bond acceptors (Lipinski definition) is 5. The van der Waals surface area contributed by atoms with E-state index in [1.165, 1.54) is 23.9 Å². The van der Waals surface area contributed by atoms with Crippen LogP contribution in [0.15, 0.2) is 29.4 Å². The molecule has 0 N–H and O–H groups in total. The molecule has 0 saturated carbocycles. The van der Waals surface area contributed by atoms with Gasteiger partial charge in [-0.2, -0.15) is 0 Å². The molecule has 0 aliphatic carbocycles. The number of carbonyl (C=O) groups is 1. The van der Waals surface area contributed by atoms with Gasteiger partial charge in [0, 0.05) is 19.3 Å². The molecule has 110 valence electrons. The summed E-state index contributed by atoms with van der Waals surface area (Å²) < 4.78 is 14.9. The lowest BCUT2D eigenvalue weighted by atomic mass is 10.1. The van der Waals surface area contributed by atoms with Gasteiger partial charge in [0.1, 0.15) is 5.82 Å². The van der Waals surface area contributed by atoms with E-state index in [0.29, 0.717) is 17.4 Å². The van der Waals surface area contributed by atoms with Gasteiger partial charge in [0.25, 0.3) is 0 Å². The predicted octanol–water partition coefficient (Wildman–Crippen LogP) is 1.64. The molecule has 0 bridgehead atoms. The normalized spacial score (nSPS) is 19.0. The first kappa shape index (κ1) is 14.0. The third-order valence-electron chi connectivity index (χ3n) is 3.34. The number of rotatable bonds is 3. The number of aryl methyl sites for hydroxylation is 1. The second-order valence-electron chi connectivity index (χ2n) is 4.80. The molecule has 6 nitrogen and oxygen atoms in total. The van der Waals surface area contributed by atoms with E-state index in [-0.39, 0.29) is 17.0 Å². The molecular weight excluding hydrogens is 293 g/mol. The Kier molecular flexibility index (Phi) is 3.87. The van der Waals surface area contributed by atoms with Gasteiger partial charge in [-0.25, -0.2) is 9.07 Å². The molecule has 1 fully saturated rings. The average Bonchev–Trinajstić information content (AvgIpc) is 2.86. The summed E-state index contributed by atoms with van der Waals surface area (Å²) in [4.78, 5) is 14.2. The Bertz CT molecular complexity index is 662. The van der Waals surface area contributed by atoms with Crippen LogP contribution < -0.4 is 4.90 Å². The van der Waals surface area contributed by atoms with Crippen LogP contribution in [0.25, 0.3) is 0 Å². The summed E-state index contributed by atoms with van der Waals surface area (Å²) in [6, 6.07) is 6.11. The van der Waals surface area contributed by atoms with Crippen molar-refractivity contribution in [2.45, 2.75) is 23.2 Å². The molecule has 1 aromatic carbocycles. The molecular formula is C13H14FN5OS. The molecule has 1 amide bonds. The highest BCUT2D eigenvalue weighted by atomic mass is 32.2. The van der Waals surface area contributed by atoms with E-state index in [4.69, 9.17) is 0 Å². The first-order chi connectivity index (χ1) is 10.1. The topological polar surface area (TPSA) is 63.9 Å². The van der Waals surface area contributed by atoms with Crippen molar-refractivity contribution in [1.29, 1.82) is 0 Å². The first-order valence-electron chi connectivity index (χ1n) is 6.61. The van der Waals surface area contributed by atoms with Crippen LogP contribution in [0.1, 0.15) is 12.8 Å². The van der Waals surface area contributed by atoms with Crippen molar-refractivity contribution in [3.63, 3.8) is 0 Å². The number of amides is 1. The maximum absolute atomic E-state index is 13.3.